The molecule has 1 amide bonds. The van der Waals surface area contributed by atoms with E-state index in [9.17, 15) is 13.6 Å². The summed E-state index contributed by atoms with van der Waals surface area (Å²) in [7, 11) is 0. The summed E-state index contributed by atoms with van der Waals surface area (Å²) < 4.78 is 32.7. The second-order valence-electron chi connectivity index (χ2n) is 5.05. The highest BCUT2D eigenvalue weighted by Crippen LogP contribution is 2.24. The third-order valence-corrected chi connectivity index (χ3v) is 3.66. The van der Waals surface area contributed by atoms with Gasteiger partial charge in [-0.15, -0.1) is 0 Å². The third-order valence-electron chi connectivity index (χ3n) is 3.40. The van der Waals surface area contributed by atoms with Crippen LogP contribution in [0.2, 0.25) is 5.02 Å². The number of nitrogens with one attached hydrogen (secondary N) is 1. The van der Waals surface area contributed by atoms with E-state index in [2.05, 4.69) is 5.32 Å². The second-order valence-corrected chi connectivity index (χ2v) is 5.49. The molecule has 0 aliphatic carbocycles. The number of halogens is 3. The van der Waals surface area contributed by atoms with Crippen molar-refractivity contribution in [2.24, 2.45) is 0 Å². The molecule has 0 fully saturated rings. The maximum absolute atomic E-state index is 13.5. The molecule has 0 saturated carbocycles. The SMILES string of the molecule is O=C(NCc1ccc(-c2ccc(Cl)cc2)o1)c1c(F)cccc1F. The Morgan fingerprint density at radius 1 is 1.00 bits per heavy atom. The van der Waals surface area contributed by atoms with E-state index in [0.717, 1.165) is 17.7 Å². The maximum Gasteiger partial charge on any atom is 0.257 e. The molecular formula is C18H12ClF2NO2. The van der Waals surface area contributed by atoms with E-state index in [1.165, 1.54) is 6.07 Å². The Labute approximate surface area is 141 Å². The van der Waals surface area contributed by atoms with Crippen molar-refractivity contribution in [2.75, 3.05) is 0 Å². The number of rotatable bonds is 4. The van der Waals surface area contributed by atoms with E-state index in [1.807, 2.05) is 0 Å². The minimum atomic E-state index is -0.909. The Kier molecular flexibility index (Phi) is 4.62. The fourth-order valence-electron chi connectivity index (χ4n) is 2.21. The van der Waals surface area contributed by atoms with Gasteiger partial charge < -0.3 is 9.73 Å². The van der Waals surface area contributed by atoms with Crippen molar-refractivity contribution in [1.82, 2.24) is 5.32 Å². The van der Waals surface area contributed by atoms with Gasteiger partial charge in [-0.05, 0) is 48.5 Å². The van der Waals surface area contributed by atoms with E-state index >= 15 is 0 Å². The predicted octanol–water partition coefficient (Wildman–Crippen LogP) is 4.81. The molecule has 3 rings (SSSR count). The van der Waals surface area contributed by atoms with E-state index < -0.39 is 23.1 Å². The molecule has 0 aliphatic rings. The van der Waals surface area contributed by atoms with Crippen molar-refractivity contribution in [3.63, 3.8) is 0 Å². The van der Waals surface area contributed by atoms with E-state index in [1.54, 1.807) is 36.4 Å². The van der Waals surface area contributed by atoms with Crippen LogP contribution in [0.15, 0.2) is 59.0 Å². The van der Waals surface area contributed by atoms with Crippen LogP contribution in [0.3, 0.4) is 0 Å². The van der Waals surface area contributed by atoms with Crippen molar-refractivity contribution in [2.45, 2.75) is 6.54 Å². The molecule has 0 atom stereocenters. The van der Waals surface area contributed by atoms with Crippen LogP contribution in [0, 0.1) is 11.6 Å². The summed E-state index contributed by atoms with van der Waals surface area (Å²) in [5.74, 6) is -1.59. The number of benzene rings is 2. The second kappa shape index (κ2) is 6.84. The molecule has 0 radical (unpaired) electrons. The van der Waals surface area contributed by atoms with Gasteiger partial charge in [0, 0.05) is 10.6 Å². The van der Waals surface area contributed by atoms with Crippen LogP contribution in [0.5, 0.6) is 0 Å². The molecule has 122 valence electrons. The molecule has 1 N–H and O–H groups in total. The van der Waals surface area contributed by atoms with Crippen LogP contribution in [-0.2, 0) is 6.54 Å². The van der Waals surface area contributed by atoms with Gasteiger partial charge in [-0.3, -0.25) is 4.79 Å². The standard InChI is InChI=1S/C18H12ClF2NO2/c19-12-6-4-11(5-7-12)16-9-8-13(24-16)10-22-18(23)17-14(20)2-1-3-15(17)21/h1-9H,10H2,(H,22,23). The molecule has 1 heterocycles. The Balaban J connectivity index is 1.69. The fourth-order valence-corrected chi connectivity index (χ4v) is 2.34. The van der Waals surface area contributed by atoms with Crippen LogP contribution in [0.1, 0.15) is 16.1 Å². The number of carbonyl (C=O) groups excluding carboxylic acids is 1. The van der Waals surface area contributed by atoms with Crippen LogP contribution >= 0.6 is 11.6 Å². The Hall–Kier alpha value is -2.66. The fraction of sp³-hybridized carbons (Fsp3) is 0.0556. The smallest absolute Gasteiger partial charge is 0.257 e. The third kappa shape index (κ3) is 3.46. The van der Waals surface area contributed by atoms with Gasteiger partial charge in [0.15, 0.2) is 0 Å². The molecular weight excluding hydrogens is 336 g/mol. The minimum Gasteiger partial charge on any atom is -0.459 e. The zero-order chi connectivity index (χ0) is 17.1. The van der Waals surface area contributed by atoms with Gasteiger partial charge in [-0.25, -0.2) is 8.78 Å². The summed E-state index contributed by atoms with van der Waals surface area (Å²) in [6.45, 7) is 0.0141. The van der Waals surface area contributed by atoms with Crippen LogP contribution < -0.4 is 5.32 Å². The summed E-state index contributed by atoms with van der Waals surface area (Å²) in [5, 5.41) is 3.05. The first-order valence-electron chi connectivity index (χ1n) is 7.11. The summed E-state index contributed by atoms with van der Waals surface area (Å²) in [6, 6.07) is 13.8. The highest BCUT2D eigenvalue weighted by Gasteiger charge is 2.17. The van der Waals surface area contributed by atoms with Gasteiger partial charge in [0.1, 0.15) is 28.7 Å². The van der Waals surface area contributed by atoms with Crippen molar-refractivity contribution < 1.29 is 18.0 Å². The lowest BCUT2D eigenvalue weighted by molar-refractivity contribution is 0.0939. The number of carbonyl (C=O) groups is 1. The molecule has 0 bridgehead atoms. The number of furan rings is 1. The summed E-state index contributed by atoms with van der Waals surface area (Å²) >= 11 is 5.83. The maximum atomic E-state index is 13.5. The largest absolute Gasteiger partial charge is 0.459 e. The molecule has 2 aromatic carbocycles. The average Bonchev–Trinajstić information content (AvgIpc) is 3.02. The van der Waals surface area contributed by atoms with Gasteiger partial charge in [0.2, 0.25) is 0 Å². The normalized spacial score (nSPS) is 10.6. The Morgan fingerprint density at radius 3 is 2.33 bits per heavy atom. The first-order valence-corrected chi connectivity index (χ1v) is 7.49. The Bertz CT molecular complexity index is 855. The van der Waals surface area contributed by atoms with Crippen molar-refractivity contribution in [1.29, 1.82) is 0 Å². The molecule has 1 aromatic heterocycles. The molecule has 0 aliphatic heterocycles. The van der Waals surface area contributed by atoms with Crippen molar-refractivity contribution in [3.8, 4) is 11.3 Å². The van der Waals surface area contributed by atoms with E-state index in [-0.39, 0.29) is 6.54 Å². The van der Waals surface area contributed by atoms with Crippen LogP contribution in [-0.4, -0.2) is 5.91 Å². The quantitative estimate of drug-likeness (QED) is 0.736. The topological polar surface area (TPSA) is 42.2 Å². The van der Waals surface area contributed by atoms with Gasteiger partial charge >= 0.3 is 0 Å². The summed E-state index contributed by atoms with van der Waals surface area (Å²) in [5.41, 5.74) is 0.221. The van der Waals surface area contributed by atoms with E-state index in [0.29, 0.717) is 16.5 Å². The molecule has 3 aromatic rings. The van der Waals surface area contributed by atoms with Crippen LogP contribution in [0.25, 0.3) is 11.3 Å². The highest BCUT2D eigenvalue weighted by atomic mass is 35.5. The number of hydrogen-bond donors (Lipinski definition) is 1. The van der Waals surface area contributed by atoms with Crippen LogP contribution in [0.4, 0.5) is 8.78 Å². The minimum absolute atomic E-state index is 0.0141. The first kappa shape index (κ1) is 16.2. The summed E-state index contributed by atoms with van der Waals surface area (Å²) in [6.07, 6.45) is 0. The summed E-state index contributed by atoms with van der Waals surface area (Å²) in [4.78, 5) is 11.9. The number of hydrogen-bond acceptors (Lipinski definition) is 2. The molecule has 0 saturated heterocycles. The zero-order valence-corrected chi connectivity index (χ0v) is 13.1. The lowest BCUT2D eigenvalue weighted by Gasteiger charge is -2.05. The molecule has 24 heavy (non-hydrogen) atoms. The van der Waals surface area contributed by atoms with Gasteiger partial charge in [-0.1, -0.05) is 17.7 Å². The lowest BCUT2D eigenvalue weighted by Crippen LogP contribution is -2.24. The first-order chi connectivity index (χ1) is 11.5. The molecule has 3 nitrogen and oxygen atoms in total. The zero-order valence-electron chi connectivity index (χ0n) is 12.4. The molecule has 0 unspecified atom stereocenters. The van der Waals surface area contributed by atoms with Gasteiger partial charge in [0.05, 0.1) is 6.54 Å². The lowest BCUT2D eigenvalue weighted by atomic mass is 10.2. The highest BCUT2D eigenvalue weighted by molar-refractivity contribution is 6.30. The van der Waals surface area contributed by atoms with Crippen molar-refractivity contribution >= 4 is 17.5 Å². The predicted molar refractivity (Wildman–Crippen MR) is 86.7 cm³/mol. The van der Waals surface area contributed by atoms with E-state index in [4.69, 9.17) is 16.0 Å². The van der Waals surface area contributed by atoms with Crippen molar-refractivity contribution in [3.05, 3.63) is 82.6 Å². The van der Waals surface area contributed by atoms with Gasteiger partial charge in [0.25, 0.3) is 5.91 Å². The monoisotopic (exact) mass is 347 g/mol. The van der Waals surface area contributed by atoms with Gasteiger partial charge in [-0.2, -0.15) is 0 Å². The Morgan fingerprint density at radius 2 is 1.67 bits per heavy atom. The molecule has 0 spiro atoms. The molecule has 6 heteroatoms. The average molecular weight is 348 g/mol. The number of amides is 1.